The van der Waals surface area contributed by atoms with E-state index in [-0.39, 0.29) is 73.8 Å². The van der Waals surface area contributed by atoms with Crippen molar-refractivity contribution in [3.05, 3.63) is 75.1 Å². The van der Waals surface area contributed by atoms with Crippen LogP contribution in [0.15, 0.2) is 30.3 Å². The lowest BCUT2D eigenvalue weighted by molar-refractivity contribution is -0.141. The zero-order valence-corrected chi connectivity index (χ0v) is 27.6. The maximum atomic E-state index is 15.3. The number of carbonyl (C=O) groups excluding carboxylic acids is 1. The van der Waals surface area contributed by atoms with Gasteiger partial charge in [0.15, 0.2) is 21.8 Å². The van der Waals surface area contributed by atoms with E-state index in [4.69, 9.17) is 27.8 Å². The number of nitrogens with zero attached hydrogens (tertiary/aromatic N) is 3. The fourth-order valence-electron chi connectivity index (χ4n) is 5.66. The summed E-state index contributed by atoms with van der Waals surface area (Å²) in [6.07, 6.45) is -9.29. The first-order valence-corrected chi connectivity index (χ1v) is 16.8. The summed E-state index contributed by atoms with van der Waals surface area (Å²) in [5.41, 5.74) is 11.3. The van der Waals surface area contributed by atoms with Gasteiger partial charge in [-0.1, -0.05) is 23.6 Å². The summed E-state index contributed by atoms with van der Waals surface area (Å²) in [7, 11) is -3.74. The number of benzene rings is 2. The number of amides is 1. The largest absolute Gasteiger partial charge is 0.439 e. The van der Waals surface area contributed by atoms with Gasteiger partial charge in [0.05, 0.1) is 21.6 Å². The summed E-state index contributed by atoms with van der Waals surface area (Å²) in [6, 6.07) is 5.20. The van der Waals surface area contributed by atoms with Crippen LogP contribution in [0.3, 0.4) is 0 Å². The van der Waals surface area contributed by atoms with Crippen LogP contribution < -0.4 is 11.5 Å². The lowest BCUT2D eigenvalue weighted by Gasteiger charge is -2.24. The first kappa shape index (κ1) is 35.8. The maximum Gasteiger partial charge on any atom is 0.408 e. The second kappa shape index (κ2) is 12.8. The van der Waals surface area contributed by atoms with E-state index in [2.05, 4.69) is 21.9 Å². The first-order chi connectivity index (χ1) is 22.6. The molecule has 0 saturated heterocycles. The molecule has 0 radical (unpaired) electrons. The van der Waals surface area contributed by atoms with E-state index >= 15 is 4.39 Å². The van der Waals surface area contributed by atoms with Crippen molar-refractivity contribution in [2.45, 2.75) is 62.9 Å². The normalized spacial score (nSPS) is 15.5. The highest BCUT2D eigenvalue weighted by Gasteiger charge is 2.36. The molecule has 4 aromatic rings. The third-order valence-electron chi connectivity index (χ3n) is 8.08. The molecule has 2 aromatic carbocycles. The number of halogens is 7. The van der Waals surface area contributed by atoms with Crippen LogP contribution in [0.1, 0.15) is 48.0 Å². The van der Waals surface area contributed by atoms with E-state index in [1.165, 1.54) is 26.0 Å². The number of primary amides is 1. The van der Waals surface area contributed by atoms with Gasteiger partial charge in [0.1, 0.15) is 34.8 Å². The smallest absolute Gasteiger partial charge is 0.408 e. The average molecular weight is 728 g/mol. The third-order valence-corrected chi connectivity index (χ3v) is 10.3. The summed E-state index contributed by atoms with van der Waals surface area (Å²) in [6.45, 7) is 1.09. The number of aromatic nitrogens is 3. The van der Waals surface area contributed by atoms with Crippen LogP contribution in [-0.4, -0.2) is 52.6 Å². The third kappa shape index (κ3) is 7.42. The number of hydrogen-bond donors (Lipinski definition) is 2. The van der Waals surface area contributed by atoms with E-state index in [9.17, 15) is 35.2 Å². The SMILES string of the molecule is CC(C)(C#Cc1nc([C@H](Cc2cc(F)cc(F)c2)OC(N)=O)c(-c2ccc(Cl)c3c(N)nn(CC(F)(F)F)c23)c2c1C[C@H](F)C2)S(C)(=O)=O. The second-order valence-electron chi connectivity index (χ2n) is 12.1. The number of nitrogens with two attached hydrogens (primary N) is 2. The molecule has 2 atom stereocenters. The predicted octanol–water partition coefficient (Wildman–Crippen LogP) is 6.16. The van der Waals surface area contributed by atoms with Crippen molar-refractivity contribution in [3.8, 4) is 23.0 Å². The quantitative estimate of drug-likeness (QED) is 0.171. The molecule has 1 amide bonds. The highest BCUT2D eigenvalue weighted by Crippen LogP contribution is 2.45. The summed E-state index contributed by atoms with van der Waals surface area (Å²) < 4.78 is 114. The minimum Gasteiger partial charge on any atom is -0.439 e. The molecule has 5 rings (SSSR count). The molecule has 2 aromatic heterocycles. The van der Waals surface area contributed by atoms with Crippen molar-refractivity contribution in [3.63, 3.8) is 0 Å². The highest BCUT2D eigenvalue weighted by atomic mass is 35.5. The molecular formula is C32H28ClF6N5O4S. The Labute approximate surface area is 281 Å². The molecule has 1 aliphatic carbocycles. The number of sulfone groups is 1. The highest BCUT2D eigenvalue weighted by molar-refractivity contribution is 7.92. The maximum absolute atomic E-state index is 15.3. The van der Waals surface area contributed by atoms with Crippen molar-refractivity contribution < 1.29 is 44.3 Å². The van der Waals surface area contributed by atoms with Gasteiger partial charge in [0.25, 0.3) is 0 Å². The van der Waals surface area contributed by atoms with E-state index in [0.717, 1.165) is 18.4 Å². The lowest BCUT2D eigenvalue weighted by atomic mass is 9.89. The molecule has 4 N–H and O–H groups in total. The Morgan fingerprint density at radius 3 is 2.37 bits per heavy atom. The van der Waals surface area contributed by atoms with Gasteiger partial charge in [-0.2, -0.15) is 18.3 Å². The van der Waals surface area contributed by atoms with Crippen LogP contribution >= 0.6 is 11.6 Å². The number of fused-ring (bicyclic) bond motifs is 2. The number of ether oxygens (including phenoxy) is 1. The molecule has 0 unspecified atom stereocenters. The minimum absolute atomic E-state index is 0.00353. The molecule has 260 valence electrons. The van der Waals surface area contributed by atoms with Crippen molar-refractivity contribution in [1.82, 2.24) is 14.8 Å². The van der Waals surface area contributed by atoms with Crippen molar-refractivity contribution in [2.75, 3.05) is 12.0 Å². The number of nitrogen functional groups attached to an aromatic ring is 1. The standard InChI is InChI=1S/C32H28ClF6N5O4S/c1-31(2,49(3,46)47)7-6-23-20-12-18(36)13-21(20)25(19-4-5-22(33)26-28(19)44(43-29(26)40)14-32(37,38)39)27(42-23)24(48-30(41)45)10-15-8-16(34)11-17(35)9-15/h4-5,8-9,11,18,24H,10,12-14H2,1-3H3,(H2,40,43)(H2,41,45)/t18-,24-/m0/s1. The molecule has 0 fully saturated rings. The van der Waals surface area contributed by atoms with Gasteiger partial charge >= 0.3 is 12.3 Å². The predicted molar refractivity (Wildman–Crippen MR) is 170 cm³/mol. The summed E-state index contributed by atoms with van der Waals surface area (Å²) in [5.74, 6) is 3.08. The van der Waals surface area contributed by atoms with Gasteiger partial charge in [-0.3, -0.25) is 4.68 Å². The van der Waals surface area contributed by atoms with Crippen LogP contribution in [0.4, 0.5) is 37.0 Å². The molecule has 0 spiro atoms. The fourth-order valence-corrected chi connectivity index (χ4v) is 6.15. The van der Waals surface area contributed by atoms with Gasteiger partial charge in [-0.25, -0.2) is 31.4 Å². The van der Waals surface area contributed by atoms with E-state index < -0.39 is 63.7 Å². The van der Waals surface area contributed by atoms with Crippen molar-refractivity contribution in [2.24, 2.45) is 5.73 Å². The second-order valence-corrected chi connectivity index (χ2v) is 15.1. The van der Waals surface area contributed by atoms with E-state index in [1.54, 1.807) is 0 Å². The molecular weight excluding hydrogens is 700 g/mol. The molecule has 9 nitrogen and oxygen atoms in total. The zero-order chi connectivity index (χ0) is 36.2. The molecule has 2 heterocycles. The van der Waals surface area contributed by atoms with Crippen LogP contribution in [0.2, 0.25) is 5.02 Å². The zero-order valence-electron chi connectivity index (χ0n) is 26.1. The number of carbonyl (C=O) groups is 1. The summed E-state index contributed by atoms with van der Waals surface area (Å²) in [5, 5.41) is 3.76. The Morgan fingerprint density at radius 2 is 1.78 bits per heavy atom. The Hall–Kier alpha value is -4.49. The average Bonchev–Trinajstić information content (AvgIpc) is 3.49. The Kier molecular flexibility index (Phi) is 9.32. The van der Waals surface area contributed by atoms with Gasteiger partial charge in [0.2, 0.25) is 0 Å². The molecule has 1 aliphatic rings. The Morgan fingerprint density at radius 1 is 1.14 bits per heavy atom. The number of alkyl halides is 4. The minimum atomic E-state index is -4.77. The van der Waals surface area contributed by atoms with Crippen molar-refractivity contribution in [1.29, 1.82) is 0 Å². The summed E-state index contributed by atoms with van der Waals surface area (Å²) >= 11 is 6.39. The monoisotopic (exact) mass is 727 g/mol. The van der Waals surface area contributed by atoms with Gasteiger partial charge in [-0.05, 0) is 54.7 Å². The molecule has 17 heteroatoms. The Bertz CT molecular complexity index is 2160. The molecule has 0 saturated carbocycles. The van der Waals surface area contributed by atoms with E-state index in [1.807, 2.05) is 0 Å². The van der Waals surface area contributed by atoms with Gasteiger partial charge < -0.3 is 16.2 Å². The van der Waals surface area contributed by atoms with Gasteiger partial charge in [0, 0.05) is 42.7 Å². The summed E-state index contributed by atoms with van der Waals surface area (Å²) in [4.78, 5) is 16.9. The Balaban J connectivity index is 1.91. The molecule has 0 bridgehead atoms. The number of anilines is 1. The molecule has 49 heavy (non-hydrogen) atoms. The molecule has 0 aliphatic heterocycles. The number of hydrogen-bond acceptors (Lipinski definition) is 7. The number of rotatable bonds is 7. The van der Waals surface area contributed by atoms with Crippen LogP contribution in [0.5, 0.6) is 0 Å². The van der Waals surface area contributed by atoms with Crippen LogP contribution in [-0.2, 0) is 40.4 Å². The van der Waals surface area contributed by atoms with Crippen LogP contribution in [0.25, 0.3) is 22.0 Å². The number of pyridine rings is 1. The topological polar surface area (TPSA) is 143 Å². The van der Waals surface area contributed by atoms with Crippen LogP contribution in [0, 0.1) is 23.5 Å². The van der Waals surface area contributed by atoms with Crippen molar-refractivity contribution >= 4 is 44.3 Å². The first-order valence-electron chi connectivity index (χ1n) is 14.5. The van der Waals surface area contributed by atoms with Gasteiger partial charge in [-0.15, -0.1) is 0 Å². The van der Waals surface area contributed by atoms with E-state index in [0.29, 0.717) is 10.7 Å². The lowest BCUT2D eigenvalue weighted by Crippen LogP contribution is -2.28. The fraction of sp³-hybridized carbons (Fsp3) is 0.344.